The Kier molecular flexibility index (Phi) is 7.46. The summed E-state index contributed by atoms with van der Waals surface area (Å²) in [5.74, 6) is 0.671. The van der Waals surface area contributed by atoms with Crippen LogP contribution >= 0.6 is 0 Å². The van der Waals surface area contributed by atoms with Crippen LogP contribution in [0.3, 0.4) is 0 Å². The molecule has 4 nitrogen and oxygen atoms in total. The first-order valence-corrected chi connectivity index (χ1v) is 19.0. The van der Waals surface area contributed by atoms with Gasteiger partial charge in [-0.05, 0) is 42.0 Å². The van der Waals surface area contributed by atoms with Gasteiger partial charge in [-0.25, -0.2) is 9.97 Å². The summed E-state index contributed by atoms with van der Waals surface area (Å²) in [7, 11) is 0. The van der Waals surface area contributed by atoms with E-state index in [1.165, 1.54) is 21.5 Å². The molecule has 0 unspecified atom stereocenters. The molecule has 0 N–H and O–H groups in total. The van der Waals surface area contributed by atoms with Crippen LogP contribution in [0.1, 0.15) is 0 Å². The minimum absolute atomic E-state index is 0.671. The monoisotopic (exact) mass is 714 g/mol. The largest absolute Gasteiger partial charge is 0.309 e. The molecule has 3 heterocycles. The normalized spacial score (nSPS) is 11.6. The average Bonchev–Trinajstić information content (AvgIpc) is 3.79. The van der Waals surface area contributed by atoms with Gasteiger partial charge in [0.25, 0.3) is 0 Å². The van der Waals surface area contributed by atoms with E-state index >= 15 is 0 Å². The predicted octanol–water partition coefficient (Wildman–Crippen LogP) is 13.3. The molecule has 0 aliphatic carbocycles. The van der Waals surface area contributed by atoms with Crippen molar-refractivity contribution in [1.29, 1.82) is 0 Å². The Hall–Kier alpha value is -7.56. The van der Waals surface area contributed by atoms with Crippen molar-refractivity contribution < 1.29 is 0 Å². The van der Waals surface area contributed by atoms with Gasteiger partial charge >= 0.3 is 0 Å². The van der Waals surface area contributed by atoms with Crippen LogP contribution in [0.25, 0.3) is 100 Å². The van der Waals surface area contributed by atoms with Gasteiger partial charge in [-0.15, -0.1) is 0 Å². The van der Waals surface area contributed by atoms with Crippen molar-refractivity contribution in [1.82, 2.24) is 19.1 Å². The van der Waals surface area contributed by atoms with Crippen LogP contribution in [0.2, 0.25) is 0 Å². The maximum Gasteiger partial charge on any atom is 0.160 e. The van der Waals surface area contributed by atoms with E-state index in [4.69, 9.17) is 9.97 Å². The lowest BCUT2D eigenvalue weighted by Crippen LogP contribution is -2.05. The van der Waals surface area contributed by atoms with Gasteiger partial charge in [-0.2, -0.15) is 0 Å². The second kappa shape index (κ2) is 13.1. The molecule has 8 aromatic carbocycles. The fourth-order valence-electron chi connectivity index (χ4n) is 8.55. The molecule has 0 aliphatic rings. The van der Waals surface area contributed by atoms with Crippen LogP contribution in [-0.2, 0) is 0 Å². The minimum Gasteiger partial charge on any atom is -0.309 e. The second-order valence-corrected chi connectivity index (χ2v) is 14.1. The summed E-state index contributed by atoms with van der Waals surface area (Å²) in [6.45, 7) is 0. The molecule has 0 fully saturated rings. The van der Waals surface area contributed by atoms with Gasteiger partial charge < -0.3 is 9.13 Å². The molecule has 56 heavy (non-hydrogen) atoms. The van der Waals surface area contributed by atoms with Crippen molar-refractivity contribution in [2.24, 2.45) is 0 Å². The number of fused-ring (bicyclic) bond motifs is 6. The van der Waals surface area contributed by atoms with Crippen LogP contribution in [-0.4, -0.2) is 19.1 Å². The molecular formula is C52H34N4. The van der Waals surface area contributed by atoms with Gasteiger partial charge in [0.05, 0.1) is 44.8 Å². The van der Waals surface area contributed by atoms with E-state index in [2.05, 4.69) is 209 Å². The van der Waals surface area contributed by atoms with E-state index < -0.39 is 0 Å². The van der Waals surface area contributed by atoms with Crippen molar-refractivity contribution in [2.75, 3.05) is 0 Å². The third-order valence-corrected chi connectivity index (χ3v) is 11.0. The Morgan fingerprint density at radius 2 is 0.607 bits per heavy atom. The Morgan fingerprint density at radius 1 is 0.286 bits per heavy atom. The molecule has 0 saturated heterocycles. The van der Waals surface area contributed by atoms with E-state index in [9.17, 15) is 0 Å². The van der Waals surface area contributed by atoms with E-state index in [1.54, 1.807) is 0 Å². The summed E-state index contributed by atoms with van der Waals surface area (Å²) in [5.41, 5.74) is 13.5. The Bertz CT molecular complexity index is 2960. The summed E-state index contributed by atoms with van der Waals surface area (Å²) in [6, 6.07) is 73.1. The SMILES string of the molecule is c1ccc(-c2nc(-c3ccccc3-n3c4ccccc4c4ccccc43)c(-c3ccccc3)c(-c3ccccc3-n3c4ccccc4c4ccccc43)n2)cc1. The maximum absolute atomic E-state index is 5.57. The zero-order chi connectivity index (χ0) is 37.0. The lowest BCUT2D eigenvalue weighted by atomic mass is 9.92. The van der Waals surface area contributed by atoms with E-state index in [1.807, 2.05) is 6.07 Å². The van der Waals surface area contributed by atoms with Crippen LogP contribution in [0.15, 0.2) is 206 Å². The van der Waals surface area contributed by atoms with Crippen LogP contribution in [0.4, 0.5) is 0 Å². The molecule has 4 heteroatoms. The van der Waals surface area contributed by atoms with Gasteiger partial charge in [-0.3, -0.25) is 0 Å². The van der Waals surface area contributed by atoms with E-state index in [-0.39, 0.29) is 0 Å². The number of hydrogen-bond donors (Lipinski definition) is 0. The number of hydrogen-bond acceptors (Lipinski definition) is 2. The first kappa shape index (κ1) is 31.9. The topological polar surface area (TPSA) is 35.6 Å². The predicted molar refractivity (Wildman–Crippen MR) is 232 cm³/mol. The van der Waals surface area contributed by atoms with Gasteiger partial charge in [0.2, 0.25) is 0 Å². The van der Waals surface area contributed by atoms with Crippen molar-refractivity contribution in [3.05, 3.63) is 206 Å². The molecule has 0 amide bonds. The summed E-state index contributed by atoms with van der Waals surface area (Å²) >= 11 is 0. The molecule has 0 atom stereocenters. The molecular weight excluding hydrogens is 681 g/mol. The Balaban J connectivity index is 1.28. The first-order valence-electron chi connectivity index (χ1n) is 19.0. The van der Waals surface area contributed by atoms with Gasteiger partial charge in [0.15, 0.2) is 5.82 Å². The van der Waals surface area contributed by atoms with Gasteiger partial charge in [0.1, 0.15) is 0 Å². The average molecular weight is 715 g/mol. The molecule has 0 spiro atoms. The lowest BCUT2D eigenvalue weighted by Gasteiger charge is -2.21. The highest BCUT2D eigenvalue weighted by Crippen LogP contribution is 2.45. The minimum atomic E-state index is 0.671. The number of aromatic nitrogens is 4. The zero-order valence-corrected chi connectivity index (χ0v) is 30.4. The zero-order valence-electron chi connectivity index (χ0n) is 30.4. The number of para-hydroxylation sites is 6. The molecule has 0 aliphatic heterocycles. The van der Waals surface area contributed by atoms with Gasteiger partial charge in [-0.1, -0.05) is 170 Å². The molecule has 0 saturated carbocycles. The number of benzene rings is 8. The Labute approximate surface area is 324 Å². The highest BCUT2D eigenvalue weighted by Gasteiger charge is 2.25. The van der Waals surface area contributed by atoms with Crippen molar-refractivity contribution in [3.63, 3.8) is 0 Å². The standard InChI is InChI=1S/C52H34N4/c1-3-19-35(20-4-1)49-50(41-27-11-17-33-47(41)55-43-29-13-7-23-37(43)38-24-8-14-30-44(38)55)53-52(36-21-5-2-6-22-36)54-51(49)42-28-12-18-34-48(42)56-45-31-15-9-25-39(45)40-26-10-16-32-46(40)56/h1-34H. The van der Waals surface area contributed by atoms with Gasteiger partial charge in [0, 0.05) is 43.8 Å². The number of nitrogens with zero attached hydrogens (tertiary/aromatic N) is 4. The van der Waals surface area contributed by atoms with Crippen LogP contribution < -0.4 is 0 Å². The fraction of sp³-hybridized carbons (Fsp3) is 0. The fourth-order valence-corrected chi connectivity index (χ4v) is 8.55. The molecule has 0 bridgehead atoms. The second-order valence-electron chi connectivity index (χ2n) is 14.1. The van der Waals surface area contributed by atoms with Crippen LogP contribution in [0, 0.1) is 0 Å². The smallest absolute Gasteiger partial charge is 0.160 e. The third kappa shape index (κ3) is 5.00. The molecule has 262 valence electrons. The first-order chi connectivity index (χ1) is 27.8. The van der Waals surface area contributed by atoms with Crippen molar-refractivity contribution in [2.45, 2.75) is 0 Å². The molecule has 11 rings (SSSR count). The lowest BCUT2D eigenvalue weighted by molar-refractivity contribution is 1.14. The summed E-state index contributed by atoms with van der Waals surface area (Å²) in [6.07, 6.45) is 0. The quantitative estimate of drug-likeness (QED) is 0.172. The van der Waals surface area contributed by atoms with Crippen LogP contribution in [0.5, 0.6) is 0 Å². The van der Waals surface area contributed by atoms with E-state index in [0.717, 1.165) is 72.6 Å². The molecule has 11 aromatic rings. The molecule has 3 aromatic heterocycles. The number of rotatable bonds is 6. The highest BCUT2D eigenvalue weighted by atomic mass is 15.0. The third-order valence-electron chi connectivity index (χ3n) is 11.0. The van der Waals surface area contributed by atoms with E-state index in [0.29, 0.717) is 5.82 Å². The summed E-state index contributed by atoms with van der Waals surface area (Å²) in [5, 5.41) is 4.87. The summed E-state index contributed by atoms with van der Waals surface area (Å²) in [4.78, 5) is 11.1. The summed E-state index contributed by atoms with van der Waals surface area (Å²) < 4.78 is 4.79. The Morgan fingerprint density at radius 3 is 1.02 bits per heavy atom. The highest BCUT2D eigenvalue weighted by molar-refractivity contribution is 6.11. The molecule has 0 radical (unpaired) electrons. The van der Waals surface area contributed by atoms with Crippen molar-refractivity contribution >= 4 is 43.6 Å². The maximum atomic E-state index is 5.57. The van der Waals surface area contributed by atoms with Crippen molar-refractivity contribution in [3.8, 4) is 56.4 Å².